The first-order valence-electron chi connectivity index (χ1n) is 10.1. The minimum absolute atomic E-state index is 0.00812. The molecule has 0 saturated heterocycles. The zero-order valence-electron chi connectivity index (χ0n) is 16.9. The highest BCUT2D eigenvalue weighted by molar-refractivity contribution is 7.25. The number of aromatic nitrogens is 4. The van der Waals surface area contributed by atoms with E-state index in [1.807, 2.05) is 31.2 Å². The zero-order chi connectivity index (χ0) is 20.7. The normalized spacial score (nSPS) is 14.1. The molecule has 152 valence electrons. The second-order valence-corrected chi connectivity index (χ2v) is 8.74. The van der Waals surface area contributed by atoms with Crippen LogP contribution in [0.15, 0.2) is 30.6 Å². The quantitative estimate of drug-likeness (QED) is 0.506. The van der Waals surface area contributed by atoms with Gasteiger partial charge in [-0.2, -0.15) is 5.10 Å². The van der Waals surface area contributed by atoms with E-state index in [1.165, 1.54) is 6.42 Å². The number of amides is 1. The molecule has 1 amide bonds. The summed E-state index contributed by atoms with van der Waals surface area (Å²) in [6.45, 7) is 4.62. The molecular weight excluding hydrogens is 396 g/mol. The number of anilines is 1. The van der Waals surface area contributed by atoms with E-state index in [0.29, 0.717) is 18.2 Å². The first-order chi connectivity index (χ1) is 14.6. The van der Waals surface area contributed by atoms with Crippen LogP contribution in [0.1, 0.15) is 46.4 Å². The lowest BCUT2D eigenvalue weighted by molar-refractivity contribution is 0.0917. The van der Waals surface area contributed by atoms with Crippen molar-refractivity contribution in [3.63, 3.8) is 0 Å². The third-order valence-electron chi connectivity index (χ3n) is 5.78. The molecule has 1 fully saturated rings. The highest BCUT2D eigenvalue weighted by Gasteiger charge is 2.20. The van der Waals surface area contributed by atoms with E-state index < -0.39 is 0 Å². The molecule has 0 bridgehead atoms. The van der Waals surface area contributed by atoms with Crippen molar-refractivity contribution in [2.75, 3.05) is 5.32 Å². The van der Waals surface area contributed by atoms with E-state index in [2.05, 4.69) is 37.7 Å². The van der Waals surface area contributed by atoms with Gasteiger partial charge in [-0.1, -0.05) is 12.1 Å². The maximum atomic E-state index is 12.3. The van der Waals surface area contributed by atoms with Gasteiger partial charge in [0.25, 0.3) is 5.91 Å². The molecule has 0 radical (unpaired) electrons. The number of carbonyl (C=O) groups is 1. The average Bonchev–Trinajstić information content (AvgIpc) is 3.12. The number of hydrogen-bond acceptors (Lipinski definition) is 7. The fourth-order valence-electron chi connectivity index (χ4n) is 3.59. The van der Waals surface area contributed by atoms with Crippen LogP contribution in [0.5, 0.6) is 0 Å². The fraction of sp³-hybridized carbons (Fsp3) is 0.318. The number of thiophene rings is 1. The van der Waals surface area contributed by atoms with Crippen LogP contribution in [0.25, 0.3) is 20.4 Å². The molecule has 4 aromatic rings. The molecule has 1 saturated carbocycles. The van der Waals surface area contributed by atoms with Crippen molar-refractivity contribution in [1.29, 1.82) is 0 Å². The standard InChI is InChI=1S/C22H22N6OS/c1-12-13(2)27-28-22-17(12)18-19(30-22)20(25-11-24-18)23-10-14-6-8-15(9-7-14)21(29)26-16-4-3-5-16/h6-9,11,16H,3-5,10H2,1-2H3,(H,26,29)(H,23,24,25). The lowest BCUT2D eigenvalue weighted by atomic mass is 9.93. The predicted molar refractivity (Wildman–Crippen MR) is 119 cm³/mol. The smallest absolute Gasteiger partial charge is 0.251 e. The monoisotopic (exact) mass is 418 g/mol. The summed E-state index contributed by atoms with van der Waals surface area (Å²) in [6, 6.07) is 8.05. The summed E-state index contributed by atoms with van der Waals surface area (Å²) in [7, 11) is 0. The van der Waals surface area contributed by atoms with Crippen LogP contribution in [0.4, 0.5) is 5.82 Å². The number of nitrogens with one attached hydrogen (secondary N) is 2. The van der Waals surface area contributed by atoms with Gasteiger partial charge in [0.2, 0.25) is 0 Å². The summed E-state index contributed by atoms with van der Waals surface area (Å²) >= 11 is 1.55. The van der Waals surface area contributed by atoms with E-state index in [4.69, 9.17) is 0 Å². The fourth-order valence-corrected chi connectivity index (χ4v) is 4.69. The van der Waals surface area contributed by atoms with Crippen molar-refractivity contribution < 1.29 is 4.79 Å². The number of aryl methyl sites for hydroxylation is 2. The summed E-state index contributed by atoms with van der Waals surface area (Å²) in [5, 5.41) is 16.1. The van der Waals surface area contributed by atoms with Gasteiger partial charge in [0.1, 0.15) is 17.0 Å². The van der Waals surface area contributed by atoms with Crippen LogP contribution in [-0.4, -0.2) is 32.1 Å². The average molecular weight is 419 g/mol. The van der Waals surface area contributed by atoms with E-state index >= 15 is 0 Å². The Morgan fingerprint density at radius 2 is 1.93 bits per heavy atom. The Morgan fingerprint density at radius 1 is 1.13 bits per heavy atom. The molecule has 1 aromatic carbocycles. The predicted octanol–water partition coefficient (Wildman–Crippen LogP) is 4.15. The highest BCUT2D eigenvalue weighted by atomic mass is 32.1. The molecule has 3 heterocycles. The first-order valence-corrected chi connectivity index (χ1v) is 10.9. The molecule has 5 rings (SSSR count). The molecule has 0 unspecified atom stereocenters. The van der Waals surface area contributed by atoms with Gasteiger partial charge in [-0.05, 0) is 56.4 Å². The van der Waals surface area contributed by atoms with Crippen molar-refractivity contribution in [2.24, 2.45) is 0 Å². The number of nitrogens with zero attached hydrogens (tertiary/aromatic N) is 4. The minimum Gasteiger partial charge on any atom is -0.365 e. The highest BCUT2D eigenvalue weighted by Crippen LogP contribution is 2.36. The largest absolute Gasteiger partial charge is 0.365 e. The van der Waals surface area contributed by atoms with Gasteiger partial charge in [0.05, 0.1) is 15.9 Å². The molecular formula is C22H22N6OS. The van der Waals surface area contributed by atoms with E-state index in [0.717, 1.165) is 55.9 Å². The van der Waals surface area contributed by atoms with Gasteiger partial charge < -0.3 is 10.6 Å². The van der Waals surface area contributed by atoms with Gasteiger partial charge in [-0.3, -0.25) is 4.79 Å². The number of fused-ring (bicyclic) bond motifs is 3. The summed E-state index contributed by atoms with van der Waals surface area (Å²) in [4.78, 5) is 22.1. The van der Waals surface area contributed by atoms with E-state index in [-0.39, 0.29) is 5.91 Å². The van der Waals surface area contributed by atoms with E-state index in [1.54, 1.807) is 17.7 Å². The van der Waals surface area contributed by atoms with Crippen LogP contribution in [0.2, 0.25) is 0 Å². The van der Waals surface area contributed by atoms with Gasteiger partial charge in [0.15, 0.2) is 0 Å². The summed E-state index contributed by atoms with van der Waals surface area (Å²) < 4.78 is 0.979. The summed E-state index contributed by atoms with van der Waals surface area (Å²) in [5.74, 6) is 0.792. The molecule has 2 N–H and O–H groups in total. The second-order valence-electron chi connectivity index (χ2n) is 7.74. The number of rotatable bonds is 5. The Kier molecular flexibility index (Phi) is 4.78. The Morgan fingerprint density at radius 3 is 2.67 bits per heavy atom. The zero-order valence-corrected chi connectivity index (χ0v) is 17.7. The van der Waals surface area contributed by atoms with Gasteiger partial charge in [-0.25, -0.2) is 9.97 Å². The lowest BCUT2D eigenvalue weighted by Gasteiger charge is -2.26. The second kappa shape index (κ2) is 7.60. The molecule has 3 aromatic heterocycles. The molecule has 1 aliphatic carbocycles. The molecule has 8 heteroatoms. The third-order valence-corrected chi connectivity index (χ3v) is 6.85. The van der Waals surface area contributed by atoms with Gasteiger partial charge in [0, 0.05) is 23.5 Å². The molecule has 1 aliphatic rings. The minimum atomic E-state index is 0.00812. The molecule has 0 atom stereocenters. The molecule has 30 heavy (non-hydrogen) atoms. The van der Waals surface area contributed by atoms with Crippen molar-refractivity contribution in [2.45, 2.75) is 45.7 Å². The van der Waals surface area contributed by atoms with Crippen LogP contribution in [0.3, 0.4) is 0 Å². The molecule has 7 nitrogen and oxygen atoms in total. The van der Waals surface area contributed by atoms with Crippen molar-refractivity contribution >= 4 is 43.5 Å². The van der Waals surface area contributed by atoms with Gasteiger partial charge in [-0.15, -0.1) is 16.4 Å². The Balaban J connectivity index is 1.35. The first kappa shape index (κ1) is 18.9. The summed E-state index contributed by atoms with van der Waals surface area (Å²) in [6.07, 6.45) is 4.96. The number of carbonyl (C=O) groups excluding carboxylic acids is 1. The maximum Gasteiger partial charge on any atom is 0.251 e. The Labute approximate surface area is 178 Å². The van der Waals surface area contributed by atoms with Gasteiger partial charge >= 0.3 is 0 Å². The SMILES string of the molecule is Cc1nnc2sc3c(NCc4ccc(C(=O)NC5CCC5)cc4)ncnc3c2c1C. The van der Waals surface area contributed by atoms with Crippen molar-refractivity contribution in [3.8, 4) is 0 Å². The van der Waals surface area contributed by atoms with Crippen LogP contribution in [0, 0.1) is 13.8 Å². The molecule has 0 spiro atoms. The topological polar surface area (TPSA) is 92.7 Å². The Bertz CT molecular complexity index is 1250. The Hall–Kier alpha value is -3.13. The van der Waals surface area contributed by atoms with Crippen molar-refractivity contribution in [1.82, 2.24) is 25.5 Å². The van der Waals surface area contributed by atoms with Crippen molar-refractivity contribution in [3.05, 3.63) is 53.0 Å². The van der Waals surface area contributed by atoms with E-state index in [9.17, 15) is 4.79 Å². The molecule has 0 aliphatic heterocycles. The van der Waals surface area contributed by atoms with Crippen LogP contribution >= 0.6 is 11.3 Å². The lowest BCUT2D eigenvalue weighted by Crippen LogP contribution is -2.39. The maximum absolute atomic E-state index is 12.3. The number of hydrogen-bond donors (Lipinski definition) is 2. The van der Waals surface area contributed by atoms with Crippen LogP contribution in [-0.2, 0) is 6.54 Å². The summed E-state index contributed by atoms with van der Waals surface area (Å²) in [5.41, 5.74) is 4.70. The van der Waals surface area contributed by atoms with Crippen LogP contribution < -0.4 is 10.6 Å². The number of benzene rings is 1. The third kappa shape index (κ3) is 3.37.